The van der Waals surface area contributed by atoms with Crippen molar-refractivity contribution in [2.24, 2.45) is 5.10 Å². The summed E-state index contributed by atoms with van der Waals surface area (Å²) in [5.41, 5.74) is 1.78. The number of nitrogens with one attached hydrogen (secondary N) is 1. The molecule has 0 saturated carbocycles. The SMILES string of the molecule is CNS(=O)(=O)c1cccc(C(=O)OCC(=O)N2CCC(c3ccccc3)=N2)c1. The van der Waals surface area contributed by atoms with Crippen LogP contribution >= 0.6 is 0 Å². The second-order valence-corrected chi connectivity index (χ2v) is 7.88. The van der Waals surface area contributed by atoms with Crippen molar-refractivity contribution < 1.29 is 22.7 Å². The molecule has 0 fully saturated rings. The third-order valence-corrected chi connectivity index (χ3v) is 5.58. The molecule has 1 aliphatic heterocycles. The lowest BCUT2D eigenvalue weighted by Gasteiger charge is -2.12. The summed E-state index contributed by atoms with van der Waals surface area (Å²) in [5.74, 6) is -1.23. The molecule has 0 bridgehead atoms. The lowest BCUT2D eigenvalue weighted by Crippen LogP contribution is -2.28. The number of esters is 1. The average Bonchev–Trinajstić information content (AvgIpc) is 3.23. The van der Waals surface area contributed by atoms with Crippen LogP contribution in [0.4, 0.5) is 0 Å². The van der Waals surface area contributed by atoms with Gasteiger partial charge in [0, 0.05) is 6.42 Å². The molecule has 0 radical (unpaired) electrons. The number of amides is 1. The first-order chi connectivity index (χ1) is 13.4. The van der Waals surface area contributed by atoms with Crippen LogP contribution in [0.2, 0.25) is 0 Å². The van der Waals surface area contributed by atoms with E-state index in [9.17, 15) is 18.0 Å². The van der Waals surface area contributed by atoms with E-state index in [1.54, 1.807) is 0 Å². The summed E-state index contributed by atoms with van der Waals surface area (Å²) < 4.78 is 30.9. The van der Waals surface area contributed by atoms with Crippen LogP contribution < -0.4 is 4.72 Å². The smallest absolute Gasteiger partial charge is 0.338 e. The Balaban J connectivity index is 1.62. The molecular formula is C19H19N3O5S. The van der Waals surface area contributed by atoms with E-state index in [4.69, 9.17) is 4.74 Å². The summed E-state index contributed by atoms with van der Waals surface area (Å²) in [5, 5.41) is 5.56. The van der Waals surface area contributed by atoms with Gasteiger partial charge in [0.15, 0.2) is 6.61 Å². The molecule has 0 spiro atoms. The van der Waals surface area contributed by atoms with E-state index in [2.05, 4.69) is 9.82 Å². The molecule has 3 rings (SSSR count). The maximum absolute atomic E-state index is 12.3. The third-order valence-electron chi connectivity index (χ3n) is 4.17. The standard InChI is InChI=1S/C19H19N3O5S/c1-20-28(25,26)16-9-5-8-15(12-16)19(24)27-13-18(23)22-11-10-17(21-22)14-6-3-2-4-7-14/h2-9,12,20H,10-11,13H2,1H3. The van der Waals surface area contributed by atoms with E-state index in [1.807, 2.05) is 30.3 Å². The topological polar surface area (TPSA) is 105 Å². The molecule has 1 amide bonds. The quantitative estimate of drug-likeness (QED) is 0.737. The predicted octanol–water partition coefficient (Wildman–Crippen LogP) is 1.39. The molecule has 0 atom stereocenters. The van der Waals surface area contributed by atoms with Crippen LogP contribution in [0.1, 0.15) is 22.3 Å². The first-order valence-electron chi connectivity index (χ1n) is 8.55. The fourth-order valence-corrected chi connectivity index (χ4v) is 3.44. The lowest BCUT2D eigenvalue weighted by atomic mass is 10.1. The highest BCUT2D eigenvalue weighted by atomic mass is 32.2. The normalized spacial score (nSPS) is 13.9. The molecule has 0 saturated heterocycles. The molecule has 0 aromatic heterocycles. The second kappa shape index (κ2) is 8.32. The minimum absolute atomic E-state index is 0.0408. The van der Waals surface area contributed by atoms with Crippen molar-refractivity contribution in [3.8, 4) is 0 Å². The Morgan fingerprint density at radius 3 is 2.61 bits per heavy atom. The van der Waals surface area contributed by atoms with Gasteiger partial charge in [0.1, 0.15) is 0 Å². The summed E-state index contributed by atoms with van der Waals surface area (Å²) in [7, 11) is -2.40. The van der Waals surface area contributed by atoms with Gasteiger partial charge in [0.25, 0.3) is 5.91 Å². The Morgan fingerprint density at radius 2 is 1.89 bits per heavy atom. The zero-order valence-corrected chi connectivity index (χ0v) is 16.0. The zero-order valence-electron chi connectivity index (χ0n) is 15.2. The van der Waals surface area contributed by atoms with Gasteiger partial charge in [-0.2, -0.15) is 5.10 Å². The molecule has 1 heterocycles. The summed E-state index contributed by atoms with van der Waals surface area (Å²) in [6, 6.07) is 14.9. The first-order valence-corrected chi connectivity index (χ1v) is 10.0. The molecule has 2 aromatic carbocycles. The number of rotatable bonds is 6. The van der Waals surface area contributed by atoms with Crippen molar-refractivity contribution in [2.45, 2.75) is 11.3 Å². The van der Waals surface area contributed by atoms with Crippen LogP contribution in [0.3, 0.4) is 0 Å². The zero-order chi connectivity index (χ0) is 20.1. The molecule has 0 aliphatic carbocycles. The van der Waals surface area contributed by atoms with Gasteiger partial charge < -0.3 is 4.74 Å². The van der Waals surface area contributed by atoms with Crippen LogP contribution in [0.15, 0.2) is 64.6 Å². The van der Waals surface area contributed by atoms with Crippen LogP contribution in [-0.2, 0) is 19.6 Å². The number of carbonyl (C=O) groups is 2. The maximum atomic E-state index is 12.3. The van der Waals surface area contributed by atoms with Crippen molar-refractivity contribution in [1.29, 1.82) is 0 Å². The van der Waals surface area contributed by atoms with E-state index in [0.29, 0.717) is 13.0 Å². The van der Waals surface area contributed by atoms with Gasteiger partial charge >= 0.3 is 5.97 Å². The Hall–Kier alpha value is -3.04. The van der Waals surface area contributed by atoms with Gasteiger partial charge in [0.05, 0.1) is 22.7 Å². The molecular weight excluding hydrogens is 382 g/mol. The Bertz CT molecular complexity index is 1020. The number of hydrogen-bond donors (Lipinski definition) is 1. The fraction of sp³-hybridized carbons (Fsp3) is 0.211. The number of hydrazone groups is 1. The number of hydrogen-bond acceptors (Lipinski definition) is 6. The summed E-state index contributed by atoms with van der Waals surface area (Å²) in [6.45, 7) is -0.0656. The first kappa shape index (κ1) is 19.7. The monoisotopic (exact) mass is 401 g/mol. The van der Waals surface area contributed by atoms with Crippen molar-refractivity contribution in [2.75, 3.05) is 20.2 Å². The molecule has 0 unspecified atom stereocenters. The van der Waals surface area contributed by atoms with Gasteiger partial charge in [-0.15, -0.1) is 0 Å². The van der Waals surface area contributed by atoms with E-state index >= 15 is 0 Å². The van der Waals surface area contributed by atoms with E-state index in [1.165, 1.54) is 36.3 Å². The van der Waals surface area contributed by atoms with Gasteiger partial charge in [-0.05, 0) is 30.8 Å². The molecule has 1 aliphatic rings. The highest BCUT2D eigenvalue weighted by molar-refractivity contribution is 7.89. The predicted molar refractivity (Wildman–Crippen MR) is 102 cm³/mol. The minimum atomic E-state index is -3.68. The van der Waals surface area contributed by atoms with Crippen molar-refractivity contribution >= 4 is 27.6 Å². The Labute approximate surface area is 162 Å². The number of benzene rings is 2. The lowest BCUT2D eigenvalue weighted by molar-refractivity contribution is -0.134. The van der Waals surface area contributed by atoms with Gasteiger partial charge in [-0.1, -0.05) is 36.4 Å². The molecule has 1 N–H and O–H groups in total. The van der Waals surface area contributed by atoms with E-state index in [-0.39, 0.29) is 10.5 Å². The highest BCUT2D eigenvalue weighted by Crippen LogP contribution is 2.15. The summed E-state index contributed by atoms with van der Waals surface area (Å²) >= 11 is 0. The van der Waals surface area contributed by atoms with Crippen molar-refractivity contribution in [3.63, 3.8) is 0 Å². The molecule has 8 nitrogen and oxygen atoms in total. The largest absolute Gasteiger partial charge is 0.452 e. The summed E-state index contributed by atoms with van der Waals surface area (Å²) in [4.78, 5) is 24.4. The van der Waals surface area contributed by atoms with E-state index < -0.39 is 28.5 Å². The van der Waals surface area contributed by atoms with Crippen LogP contribution in [0.5, 0.6) is 0 Å². The molecule has 9 heteroatoms. The van der Waals surface area contributed by atoms with Crippen molar-refractivity contribution in [3.05, 3.63) is 65.7 Å². The third kappa shape index (κ3) is 4.44. The minimum Gasteiger partial charge on any atom is -0.452 e. The van der Waals surface area contributed by atoms with Crippen LogP contribution in [0, 0.1) is 0 Å². The fourth-order valence-electron chi connectivity index (χ4n) is 2.66. The van der Waals surface area contributed by atoms with Crippen LogP contribution in [0.25, 0.3) is 0 Å². The second-order valence-electron chi connectivity index (χ2n) is 5.99. The van der Waals surface area contributed by atoms with Crippen LogP contribution in [-0.4, -0.2) is 51.2 Å². The number of ether oxygens (including phenoxy) is 1. The Kier molecular flexibility index (Phi) is 5.86. The highest BCUT2D eigenvalue weighted by Gasteiger charge is 2.23. The van der Waals surface area contributed by atoms with Crippen molar-refractivity contribution in [1.82, 2.24) is 9.73 Å². The average molecular weight is 401 g/mol. The van der Waals surface area contributed by atoms with Gasteiger partial charge in [-0.25, -0.2) is 22.9 Å². The summed E-state index contributed by atoms with van der Waals surface area (Å²) in [6.07, 6.45) is 0.619. The van der Waals surface area contributed by atoms with Gasteiger partial charge in [-0.3, -0.25) is 4.79 Å². The molecule has 2 aromatic rings. The molecule has 28 heavy (non-hydrogen) atoms. The number of carbonyl (C=O) groups excluding carboxylic acids is 2. The Morgan fingerprint density at radius 1 is 1.14 bits per heavy atom. The maximum Gasteiger partial charge on any atom is 0.338 e. The van der Waals surface area contributed by atoms with Gasteiger partial charge in [0.2, 0.25) is 10.0 Å². The molecule has 146 valence electrons. The number of nitrogens with zero attached hydrogens (tertiary/aromatic N) is 2. The van der Waals surface area contributed by atoms with E-state index in [0.717, 1.165) is 11.3 Å². The number of sulfonamides is 1.